The molecule has 1 aliphatic heterocycles. The number of halogens is 1. The van der Waals surface area contributed by atoms with Gasteiger partial charge in [-0.3, -0.25) is 4.79 Å². The predicted octanol–water partition coefficient (Wildman–Crippen LogP) is 3.38. The molecule has 1 N–H and O–H groups in total. The van der Waals surface area contributed by atoms with Crippen LogP contribution in [0.2, 0.25) is 5.02 Å². The molecule has 9 heteroatoms. The summed E-state index contributed by atoms with van der Waals surface area (Å²) in [6.45, 7) is 2.64. The number of aryl methyl sites for hydroxylation is 1. The quantitative estimate of drug-likeness (QED) is 0.833. The highest BCUT2D eigenvalue weighted by Gasteiger charge is 2.30. The molecule has 1 saturated heterocycles. The first-order valence-electron chi connectivity index (χ1n) is 8.23. The van der Waals surface area contributed by atoms with E-state index in [0.29, 0.717) is 29.5 Å². The molecule has 140 valence electrons. The smallest absolute Gasteiger partial charge is 0.230 e. The molecule has 1 aliphatic rings. The highest BCUT2D eigenvalue weighted by Crippen LogP contribution is 2.31. The van der Waals surface area contributed by atoms with E-state index in [-0.39, 0.29) is 18.4 Å². The number of hydrogen-bond donors (Lipinski definition) is 1. The van der Waals surface area contributed by atoms with Crippen molar-refractivity contribution in [2.75, 3.05) is 24.7 Å². The molecular formula is C17H20ClN3O3S2. The number of amides is 1. The minimum absolute atomic E-state index is 0.185. The summed E-state index contributed by atoms with van der Waals surface area (Å²) in [6.07, 6.45) is 2.53. The first-order chi connectivity index (χ1) is 12.2. The number of anilines is 1. The second kappa shape index (κ2) is 7.64. The van der Waals surface area contributed by atoms with Crippen LogP contribution < -0.4 is 5.32 Å². The largest absolute Gasteiger partial charge is 0.302 e. The summed E-state index contributed by atoms with van der Waals surface area (Å²) < 4.78 is 24.8. The van der Waals surface area contributed by atoms with Crippen LogP contribution in [0.3, 0.4) is 0 Å². The molecule has 1 unspecified atom stereocenters. The molecule has 0 saturated carbocycles. The van der Waals surface area contributed by atoms with E-state index in [1.54, 1.807) is 12.1 Å². The van der Waals surface area contributed by atoms with E-state index in [1.165, 1.54) is 21.9 Å². The molecule has 1 fully saturated rings. The van der Waals surface area contributed by atoms with Crippen LogP contribution in [0.15, 0.2) is 24.3 Å². The van der Waals surface area contributed by atoms with Crippen LogP contribution in [0.1, 0.15) is 17.7 Å². The molecule has 3 rings (SSSR count). The Hall–Kier alpha value is -1.48. The Balaban J connectivity index is 1.72. The summed E-state index contributed by atoms with van der Waals surface area (Å²) in [6, 6.07) is 7.38. The van der Waals surface area contributed by atoms with E-state index in [2.05, 4.69) is 10.3 Å². The molecule has 2 heterocycles. The van der Waals surface area contributed by atoms with E-state index < -0.39 is 10.0 Å². The monoisotopic (exact) mass is 413 g/mol. The van der Waals surface area contributed by atoms with Gasteiger partial charge in [-0.15, -0.1) is 11.3 Å². The third-order valence-corrected chi connectivity index (χ3v) is 6.78. The number of nitrogens with one attached hydrogen (secondary N) is 1. The van der Waals surface area contributed by atoms with Gasteiger partial charge in [-0.25, -0.2) is 17.7 Å². The summed E-state index contributed by atoms with van der Waals surface area (Å²) in [5.74, 6) is -0.545. The maximum Gasteiger partial charge on any atom is 0.230 e. The second-order valence-electron chi connectivity index (χ2n) is 6.38. The Morgan fingerprint density at radius 3 is 2.69 bits per heavy atom. The molecule has 0 aliphatic carbocycles. The van der Waals surface area contributed by atoms with Gasteiger partial charge < -0.3 is 5.32 Å². The fourth-order valence-corrected chi connectivity index (χ4v) is 4.87. The second-order valence-corrected chi connectivity index (χ2v) is 10.0. The lowest BCUT2D eigenvalue weighted by Crippen LogP contribution is -2.43. The van der Waals surface area contributed by atoms with Crippen LogP contribution in [0.5, 0.6) is 0 Å². The Bertz CT molecular complexity index is 910. The zero-order valence-electron chi connectivity index (χ0n) is 14.5. The van der Waals surface area contributed by atoms with Crippen LogP contribution in [-0.4, -0.2) is 43.0 Å². The number of carbonyl (C=O) groups is 1. The van der Waals surface area contributed by atoms with Gasteiger partial charge in [0.25, 0.3) is 0 Å². The van der Waals surface area contributed by atoms with Gasteiger partial charge in [0.2, 0.25) is 15.9 Å². The normalized spacial score (nSPS) is 18.7. The van der Waals surface area contributed by atoms with Gasteiger partial charge in [0.05, 0.1) is 17.9 Å². The van der Waals surface area contributed by atoms with Crippen molar-refractivity contribution >= 4 is 44.0 Å². The van der Waals surface area contributed by atoms with Gasteiger partial charge >= 0.3 is 0 Å². The summed E-state index contributed by atoms with van der Waals surface area (Å²) in [5, 5.41) is 4.02. The first-order valence-corrected chi connectivity index (χ1v) is 11.3. The summed E-state index contributed by atoms with van der Waals surface area (Å²) in [7, 11) is -3.28. The van der Waals surface area contributed by atoms with Crippen molar-refractivity contribution in [1.82, 2.24) is 9.29 Å². The van der Waals surface area contributed by atoms with Crippen molar-refractivity contribution in [3.63, 3.8) is 0 Å². The SMILES string of the molecule is Cc1sc(NC(=O)C2CCCN(S(C)(=O)=O)C2)nc1-c1ccc(Cl)cc1. The summed E-state index contributed by atoms with van der Waals surface area (Å²) in [5.41, 5.74) is 1.74. The van der Waals surface area contributed by atoms with Crippen molar-refractivity contribution in [3.05, 3.63) is 34.2 Å². The molecule has 2 aromatic rings. The van der Waals surface area contributed by atoms with Gasteiger partial charge in [0, 0.05) is 28.6 Å². The number of piperidine rings is 1. The Morgan fingerprint density at radius 2 is 2.04 bits per heavy atom. The molecular weight excluding hydrogens is 394 g/mol. The van der Waals surface area contributed by atoms with Crippen LogP contribution in [0, 0.1) is 12.8 Å². The van der Waals surface area contributed by atoms with Crippen molar-refractivity contribution in [2.45, 2.75) is 19.8 Å². The number of sulfonamides is 1. The molecule has 1 atom stereocenters. The van der Waals surface area contributed by atoms with Gasteiger partial charge in [0.1, 0.15) is 0 Å². The molecule has 26 heavy (non-hydrogen) atoms. The van der Waals surface area contributed by atoms with E-state index in [4.69, 9.17) is 11.6 Å². The number of carbonyl (C=O) groups excluding carboxylic acids is 1. The summed E-state index contributed by atoms with van der Waals surface area (Å²) >= 11 is 7.33. The summed E-state index contributed by atoms with van der Waals surface area (Å²) in [4.78, 5) is 18.1. The molecule has 0 bridgehead atoms. The molecule has 1 aromatic heterocycles. The van der Waals surface area contributed by atoms with Crippen molar-refractivity contribution in [1.29, 1.82) is 0 Å². The zero-order chi connectivity index (χ0) is 18.9. The van der Waals surface area contributed by atoms with Crippen LogP contribution in [0.25, 0.3) is 11.3 Å². The highest BCUT2D eigenvalue weighted by molar-refractivity contribution is 7.88. The van der Waals surface area contributed by atoms with E-state index in [9.17, 15) is 13.2 Å². The Labute approximate surface area is 162 Å². The topological polar surface area (TPSA) is 79.4 Å². The van der Waals surface area contributed by atoms with Crippen molar-refractivity contribution < 1.29 is 13.2 Å². The Kier molecular flexibility index (Phi) is 5.67. The van der Waals surface area contributed by atoms with Crippen LogP contribution in [-0.2, 0) is 14.8 Å². The van der Waals surface area contributed by atoms with E-state index in [1.807, 2.05) is 19.1 Å². The highest BCUT2D eigenvalue weighted by atomic mass is 35.5. The fourth-order valence-electron chi connectivity index (χ4n) is 2.99. The average Bonchev–Trinajstić information content (AvgIpc) is 2.95. The molecule has 6 nitrogen and oxygen atoms in total. The lowest BCUT2D eigenvalue weighted by atomic mass is 9.99. The predicted molar refractivity (Wildman–Crippen MR) is 105 cm³/mol. The standard InChI is InChI=1S/C17H20ClN3O3S2/c1-11-15(12-5-7-14(18)8-6-12)19-17(25-11)20-16(22)13-4-3-9-21(10-13)26(2,23)24/h5-8,13H,3-4,9-10H2,1-2H3,(H,19,20,22). The van der Waals surface area contributed by atoms with Gasteiger partial charge in [0.15, 0.2) is 5.13 Å². The maximum atomic E-state index is 12.6. The van der Waals surface area contributed by atoms with Crippen LogP contribution >= 0.6 is 22.9 Å². The van der Waals surface area contributed by atoms with Crippen LogP contribution in [0.4, 0.5) is 5.13 Å². The minimum Gasteiger partial charge on any atom is -0.302 e. The number of benzene rings is 1. The van der Waals surface area contributed by atoms with E-state index >= 15 is 0 Å². The third kappa shape index (κ3) is 4.43. The lowest BCUT2D eigenvalue weighted by Gasteiger charge is -2.29. The Morgan fingerprint density at radius 1 is 1.35 bits per heavy atom. The number of aromatic nitrogens is 1. The van der Waals surface area contributed by atoms with Crippen molar-refractivity contribution in [3.8, 4) is 11.3 Å². The van der Waals surface area contributed by atoms with Gasteiger partial charge in [-0.05, 0) is 31.9 Å². The number of thiazole rings is 1. The third-order valence-electron chi connectivity index (χ3n) is 4.37. The molecule has 1 aromatic carbocycles. The minimum atomic E-state index is -3.28. The fraction of sp³-hybridized carbons (Fsp3) is 0.412. The maximum absolute atomic E-state index is 12.6. The average molecular weight is 414 g/mol. The number of hydrogen-bond acceptors (Lipinski definition) is 5. The molecule has 1 amide bonds. The first kappa shape index (κ1) is 19.3. The lowest BCUT2D eigenvalue weighted by molar-refractivity contribution is -0.120. The molecule has 0 radical (unpaired) electrons. The number of nitrogens with zero attached hydrogens (tertiary/aromatic N) is 2. The van der Waals surface area contributed by atoms with Crippen molar-refractivity contribution in [2.24, 2.45) is 5.92 Å². The van der Waals surface area contributed by atoms with Gasteiger partial charge in [-0.1, -0.05) is 23.7 Å². The zero-order valence-corrected chi connectivity index (χ0v) is 16.9. The molecule has 0 spiro atoms. The van der Waals surface area contributed by atoms with E-state index in [0.717, 1.165) is 16.1 Å². The number of rotatable bonds is 4. The van der Waals surface area contributed by atoms with Gasteiger partial charge in [-0.2, -0.15) is 0 Å².